The van der Waals surface area contributed by atoms with Crippen molar-refractivity contribution >= 4 is 17.4 Å². The van der Waals surface area contributed by atoms with Crippen LogP contribution in [0.5, 0.6) is 0 Å². The number of hydrogen-bond donors (Lipinski definition) is 0. The molecule has 0 saturated heterocycles. The lowest BCUT2D eigenvalue weighted by Gasteiger charge is -2.00. The van der Waals surface area contributed by atoms with E-state index in [1.807, 2.05) is 36.4 Å². The number of nitrogens with zero attached hydrogens (tertiary/aromatic N) is 1. The van der Waals surface area contributed by atoms with Crippen molar-refractivity contribution in [2.75, 3.05) is 0 Å². The summed E-state index contributed by atoms with van der Waals surface area (Å²) in [5, 5.41) is 0.441. The van der Waals surface area contributed by atoms with Crippen LogP contribution in [-0.2, 0) is 6.42 Å². The first-order valence-corrected chi connectivity index (χ1v) is 5.32. The van der Waals surface area contributed by atoms with Crippen LogP contribution in [0.1, 0.15) is 15.9 Å². The molecule has 0 aliphatic carbocycles. The minimum absolute atomic E-state index is 0.0877. The van der Waals surface area contributed by atoms with E-state index in [-0.39, 0.29) is 5.78 Å². The van der Waals surface area contributed by atoms with E-state index in [2.05, 4.69) is 4.98 Å². The van der Waals surface area contributed by atoms with Gasteiger partial charge in [0.25, 0.3) is 0 Å². The molecule has 0 fully saturated rings. The van der Waals surface area contributed by atoms with Crippen LogP contribution >= 0.6 is 11.6 Å². The van der Waals surface area contributed by atoms with E-state index in [1.54, 1.807) is 12.3 Å². The van der Waals surface area contributed by atoms with Crippen LogP contribution in [0.15, 0.2) is 48.7 Å². The average Bonchev–Trinajstić information content (AvgIpc) is 2.33. The summed E-state index contributed by atoms with van der Waals surface area (Å²) in [4.78, 5) is 15.8. The topological polar surface area (TPSA) is 30.0 Å². The Morgan fingerprint density at radius 3 is 2.50 bits per heavy atom. The van der Waals surface area contributed by atoms with Crippen molar-refractivity contribution < 1.29 is 4.79 Å². The molecular formula is C13H10ClNO. The molecule has 3 heteroatoms. The number of aromatic nitrogens is 1. The molecule has 0 unspecified atom stereocenters. The molecule has 1 aromatic carbocycles. The lowest BCUT2D eigenvalue weighted by Crippen LogP contribution is -2.03. The van der Waals surface area contributed by atoms with Gasteiger partial charge >= 0.3 is 0 Å². The van der Waals surface area contributed by atoms with Crippen LogP contribution < -0.4 is 0 Å². The minimum Gasteiger partial charge on any atom is -0.294 e. The highest BCUT2D eigenvalue weighted by molar-refractivity contribution is 6.29. The largest absolute Gasteiger partial charge is 0.294 e. The van der Waals surface area contributed by atoms with E-state index < -0.39 is 0 Å². The zero-order valence-electron chi connectivity index (χ0n) is 8.56. The number of hydrogen-bond acceptors (Lipinski definition) is 2. The molecule has 16 heavy (non-hydrogen) atoms. The minimum atomic E-state index is 0.0877. The zero-order valence-corrected chi connectivity index (χ0v) is 9.32. The lowest BCUT2D eigenvalue weighted by molar-refractivity contribution is 0.0993. The second-order valence-electron chi connectivity index (χ2n) is 3.46. The molecule has 0 saturated carbocycles. The summed E-state index contributed by atoms with van der Waals surface area (Å²) in [6.07, 6.45) is 1.98. The SMILES string of the molecule is O=C(Cc1ccc(Cl)nc1)c1ccccc1. The van der Waals surface area contributed by atoms with Gasteiger partial charge in [0.15, 0.2) is 5.78 Å². The van der Waals surface area contributed by atoms with Crippen LogP contribution in [0.25, 0.3) is 0 Å². The zero-order chi connectivity index (χ0) is 11.4. The van der Waals surface area contributed by atoms with Gasteiger partial charge in [0.05, 0.1) is 0 Å². The Labute approximate surface area is 98.9 Å². The average molecular weight is 232 g/mol. The summed E-state index contributed by atoms with van der Waals surface area (Å²) in [6.45, 7) is 0. The highest BCUT2D eigenvalue weighted by Crippen LogP contribution is 2.09. The Morgan fingerprint density at radius 2 is 1.88 bits per heavy atom. The summed E-state index contributed by atoms with van der Waals surface area (Å²) < 4.78 is 0. The van der Waals surface area contributed by atoms with Gasteiger partial charge in [-0.15, -0.1) is 0 Å². The number of carbonyl (C=O) groups excluding carboxylic acids is 1. The third kappa shape index (κ3) is 2.67. The third-order valence-corrected chi connectivity index (χ3v) is 2.47. The van der Waals surface area contributed by atoms with Gasteiger partial charge in [-0.05, 0) is 11.6 Å². The van der Waals surface area contributed by atoms with Gasteiger partial charge in [0.2, 0.25) is 0 Å². The fourth-order valence-electron chi connectivity index (χ4n) is 1.42. The third-order valence-electron chi connectivity index (χ3n) is 2.25. The number of halogens is 1. The Kier molecular flexibility index (Phi) is 3.32. The van der Waals surface area contributed by atoms with Crippen LogP contribution in [-0.4, -0.2) is 10.8 Å². The van der Waals surface area contributed by atoms with Crippen LogP contribution in [0.4, 0.5) is 0 Å². The van der Waals surface area contributed by atoms with Gasteiger partial charge in [0, 0.05) is 18.2 Å². The molecule has 0 radical (unpaired) electrons. The molecule has 0 spiro atoms. The van der Waals surface area contributed by atoms with Crippen molar-refractivity contribution in [3.05, 3.63) is 64.9 Å². The quantitative estimate of drug-likeness (QED) is 0.600. The van der Waals surface area contributed by atoms with E-state index in [9.17, 15) is 4.79 Å². The Morgan fingerprint density at radius 1 is 1.12 bits per heavy atom. The molecule has 1 aromatic heterocycles. The van der Waals surface area contributed by atoms with Crippen LogP contribution in [0.2, 0.25) is 5.15 Å². The van der Waals surface area contributed by atoms with Crippen LogP contribution in [0, 0.1) is 0 Å². The molecule has 0 aliphatic rings. The lowest BCUT2D eigenvalue weighted by atomic mass is 10.0. The second kappa shape index (κ2) is 4.90. The molecule has 2 rings (SSSR count). The van der Waals surface area contributed by atoms with Crippen molar-refractivity contribution in [2.45, 2.75) is 6.42 Å². The first kappa shape index (κ1) is 10.8. The number of rotatable bonds is 3. The first-order chi connectivity index (χ1) is 7.75. The van der Waals surface area contributed by atoms with Crippen LogP contribution in [0.3, 0.4) is 0 Å². The van der Waals surface area contributed by atoms with Gasteiger partial charge < -0.3 is 0 Å². The van der Waals surface area contributed by atoms with Crippen molar-refractivity contribution in [3.8, 4) is 0 Å². The normalized spacial score (nSPS) is 10.1. The standard InChI is InChI=1S/C13H10ClNO/c14-13-7-6-10(9-15-13)8-12(16)11-4-2-1-3-5-11/h1-7,9H,8H2. The van der Waals surface area contributed by atoms with Gasteiger partial charge in [-0.25, -0.2) is 4.98 Å². The highest BCUT2D eigenvalue weighted by Gasteiger charge is 2.06. The molecule has 0 N–H and O–H groups in total. The fourth-order valence-corrected chi connectivity index (χ4v) is 1.53. The maximum Gasteiger partial charge on any atom is 0.167 e. The van der Waals surface area contributed by atoms with E-state index in [4.69, 9.17) is 11.6 Å². The number of benzene rings is 1. The number of pyridine rings is 1. The molecule has 0 aliphatic heterocycles. The fraction of sp³-hybridized carbons (Fsp3) is 0.0769. The Balaban J connectivity index is 2.11. The summed E-state index contributed by atoms with van der Waals surface area (Å²) in [5.74, 6) is 0.0877. The predicted octanol–water partition coefficient (Wildman–Crippen LogP) is 3.16. The van der Waals surface area contributed by atoms with Gasteiger partial charge in [-0.2, -0.15) is 0 Å². The van der Waals surface area contributed by atoms with E-state index in [1.165, 1.54) is 0 Å². The van der Waals surface area contributed by atoms with Crippen molar-refractivity contribution in [3.63, 3.8) is 0 Å². The van der Waals surface area contributed by atoms with Gasteiger partial charge in [-0.3, -0.25) is 4.79 Å². The van der Waals surface area contributed by atoms with Crippen molar-refractivity contribution in [1.82, 2.24) is 4.98 Å². The smallest absolute Gasteiger partial charge is 0.167 e. The maximum atomic E-state index is 11.8. The molecule has 0 bridgehead atoms. The van der Waals surface area contributed by atoms with E-state index in [0.29, 0.717) is 11.6 Å². The van der Waals surface area contributed by atoms with E-state index in [0.717, 1.165) is 11.1 Å². The second-order valence-corrected chi connectivity index (χ2v) is 3.84. The highest BCUT2D eigenvalue weighted by atomic mass is 35.5. The first-order valence-electron chi connectivity index (χ1n) is 4.94. The molecule has 0 atom stereocenters. The van der Waals surface area contributed by atoms with Gasteiger partial charge in [0.1, 0.15) is 5.15 Å². The monoisotopic (exact) mass is 231 g/mol. The molecular weight excluding hydrogens is 222 g/mol. The predicted molar refractivity (Wildman–Crippen MR) is 63.7 cm³/mol. The Bertz CT molecular complexity index is 479. The molecule has 2 nitrogen and oxygen atoms in total. The summed E-state index contributed by atoms with van der Waals surface area (Å²) in [5.41, 5.74) is 1.59. The number of ketones is 1. The van der Waals surface area contributed by atoms with Gasteiger partial charge in [-0.1, -0.05) is 48.0 Å². The summed E-state index contributed by atoms with van der Waals surface area (Å²) >= 11 is 5.67. The number of carbonyl (C=O) groups is 1. The van der Waals surface area contributed by atoms with Crippen molar-refractivity contribution in [2.24, 2.45) is 0 Å². The molecule has 1 heterocycles. The maximum absolute atomic E-state index is 11.8. The number of Topliss-reactive ketones (excluding diaryl/α,β-unsaturated/α-hetero) is 1. The summed E-state index contributed by atoms with van der Waals surface area (Å²) in [6, 6.07) is 12.7. The van der Waals surface area contributed by atoms with Crippen molar-refractivity contribution in [1.29, 1.82) is 0 Å². The Hall–Kier alpha value is -1.67. The molecule has 80 valence electrons. The molecule has 0 amide bonds. The van der Waals surface area contributed by atoms with E-state index >= 15 is 0 Å². The molecule has 2 aromatic rings. The summed E-state index contributed by atoms with van der Waals surface area (Å²) in [7, 11) is 0.